The molecule has 22 heavy (non-hydrogen) atoms. The van der Waals surface area contributed by atoms with Crippen LogP contribution in [0.1, 0.15) is 23.2 Å². The van der Waals surface area contributed by atoms with Crippen LogP contribution in [0.5, 0.6) is 0 Å². The summed E-state index contributed by atoms with van der Waals surface area (Å²) in [5.74, 6) is -2.40. The molecule has 2 unspecified atom stereocenters. The van der Waals surface area contributed by atoms with E-state index in [0.717, 1.165) is 0 Å². The number of rotatable bonds is 4. The third-order valence-electron chi connectivity index (χ3n) is 3.69. The van der Waals surface area contributed by atoms with Crippen LogP contribution in [0.15, 0.2) is 30.3 Å². The smallest absolute Gasteiger partial charge is 0.349 e. The number of nitrogens with one attached hydrogen (secondary N) is 1. The normalized spacial score (nSPS) is 24.9. The molecule has 0 bridgehead atoms. The Morgan fingerprint density at radius 1 is 1.23 bits per heavy atom. The highest BCUT2D eigenvalue weighted by Gasteiger charge is 2.70. The Labute approximate surface area is 124 Å². The molecule has 1 aromatic carbocycles. The summed E-state index contributed by atoms with van der Waals surface area (Å²) in [4.78, 5) is 45.7. The predicted octanol–water partition coefficient (Wildman–Crippen LogP) is 0.440. The Balaban J connectivity index is 2.66. The lowest BCUT2D eigenvalue weighted by atomic mass is 9.81. The van der Waals surface area contributed by atoms with Crippen molar-refractivity contribution in [3.8, 4) is 0 Å². The van der Waals surface area contributed by atoms with E-state index in [2.05, 4.69) is 5.32 Å². The summed E-state index contributed by atoms with van der Waals surface area (Å²) in [5, 5.41) is 25.1. The summed E-state index contributed by atoms with van der Waals surface area (Å²) in [7, 11) is 0. The minimum atomic E-state index is -2.94. The molecule has 0 aromatic heterocycles. The van der Waals surface area contributed by atoms with Gasteiger partial charge in [-0.2, -0.15) is 0 Å². The highest BCUT2D eigenvalue weighted by molar-refractivity contribution is 6.17. The van der Waals surface area contributed by atoms with E-state index < -0.39 is 33.1 Å². The number of benzene rings is 1. The van der Waals surface area contributed by atoms with Crippen LogP contribution < -0.4 is 5.32 Å². The largest absolute Gasteiger partial charge is 0.424 e. The van der Waals surface area contributed by atoms with E-state index in [0.29, 0.717) is 0 Å². The highest BCUT2D eigenvalue weighted by Crippen LogP contribution is 2.29. The van der Waals surface area contributed by atoms with Gasteiger partial charge in [0.25, 0.3) is 11.8 Å². The van der Waals surface area contributed by atoms with Gasteiger partial charge in [0.1, 0.15) is 0 Å². The average molecular weight is 307 g/mol. The van der Waals surface area contributed by atoms with E-state index in [1.807, 2.05) is 0 Å². The molecule has 1 saturated heterocycles. The fourth-order valence-corrected chi connectivity index (χ4v) is 2.60. The predicted molar refractivity (Wildman–Crippen MR) is 73.5 cm³/mol. The molecule has 1 aromatic rings. The second kappa shape index (κ2) is 5.88. The summed E-state index contributed by atoms with van der Waals surface area (Å²) in [6, 6.07) is 5.21. The maximum absolute atomic E-state index is 12.6. The zero-order valence-corrected chi connectivity index (χ0v) is 11.4. The lowest BCUT2D eigenvalue weighted by Crippen LogP contribution is -2.65. The quantitative estimate of drug-likeness (QED) is 0.371. The number of Topliss-reactive ketones (excluding diaryl/α,β-unsaturated/α-hetero) is 1. The SMILES string of the molecule is O=C1NCCCC([N+](=O)[O-])C1(C(=O)c1ccccc1)[N+](=O)[O-]. The Hall–Kier alpha value is -2.84. The summed E-state index contributed by atoms with van der Waals surface area (Å²) in [6.45, 7) is 0.0564. The van der Waals surface area contributed by atoms with E-state index in [-0.39, 0.29) is 24.9 Å². The monoisotopic (exact) mass is 307 g/mol. The molecular formula is C13H13N3O6. The molecule has 0 saturated carbocycles. The summed E-state index contributed by atoms with van der Waals surface area (Å²) >= 11 is 0. The van der Waals surface area contributed by atoms with E-state index in [1.165, 1.54) is 24.3 Å². The molecule has 1 aliphatic heterocycles. The van der Waals surface area contributed by atoms with E-state index in [1.54, 1.807) is 6.07 Å². The topological polar surface area (TPSA) is 132 Å². The van der Waals surface area contributed by atoms with Crippen LogP contribution >= 0.6 is 0 Å². The van der Waals surface area contributed by atoms with Crippen LogP contribution in [0.4, 0.5) is 0 Å². The van der Waals surface area contributed by atoms with Crippen LogP contribution in [0, 0.1) is 20.2 Å². The fraction of sp³-hybridized carbons (Fsp3) is 0.385. The van der Waals surface area contributed by atoms with E-state index >= 15 is 0 Å². The van der Waals surface area contributed by atoms with Crippen LogP contribution in [0.2, 0.25) is 0 Å². The van der Waals surface area contributed by atoms with Crippen molar-refractivity contribution in [2.24, 2.45) is 0 Å². The molecule has 0 radical (unpaired) electrons. The molecule has 0 spiro atoms. The van der Waals surface area contributed by atoms with Gasteiger partial charge in [-0.3, -0.25) is 29.8 Å². The number of hydrogen-bond donors (Lipinski definition) is 1. The molecule has 1 N–H and O–H groups in total. The molecule has 1 fully saturated rings. The first-order valence-electron chi connectivity index (χ1n) is 6.58. The lowest BCUT2D eigenvalue weighted by molar-refractivity contribution is -0.625. The van der Waals surface area contributed by atoms with E-state index in [4.69, 9.17) is 0 Å². The van der Waals surface area contributed by atoms with Gasteiger partial charge in [0, 0.05) is 23.5 Å². The van der Waals surface area contributed by atoms with Crippen molar-refractivity contribution in [3.05, 3.63) is 56.1 Å². The van der Waals surface area contributed by atoms with Gasteiger partial charge in [-0.05, 0) is 6.42 Å². The van der Waals surface area contributed by atoms with Gasteiger partial charge < -0.3 is 5.32 Å². The fourth-order valence-electron chi connectivity index (χ4n) is 2.60. The van der Waals surface area contributed by atoms with E-state index in [9.17, 15) is 29.8 Å². The van der Waals surface area contributed by atoms with Crippen molar-refractivity contribution in [2.75, 3.05) is 6.54 Å². The second-order valence-corrected chi connectivity index (χ2v) is 4.92. The number of carbonyl (C=O) groups is 2. The zero-order chi connectivity index (χ0) is 16.3. The Morgan fingerprint density at radius 2 is 1.86 bits per heavy atom. The van der Waals surface area contributed by atoms with Gasteiger partial charge in [-0.15, -0.1) is 0 Å². The summed E-state index contributed by atoms with van der Waals surface area (Å²) < 4.78 is 0. The van der Waals surface area contributed by atoms with Gasteiger partial charge in [-0.25, -0.2) is 0 Å². The standard InChI is InChI=1S/C13H13N3O6/c17-11(9-5-2-1-3-6-9)13(16(21)22)10(15(19)20)7-4-8-14-12(13)18/h1-3,5-6,10H,4,7-8H2,(H,14,18). The first-order chi connectivity index (χ1) is 10.4. The van der Waals surface area contributed by atoms with Gasteiger partial charge >= 0.3 is 11.4 Å². The maximum atomic E-state index is 12.6. The second-order valence-electron chi connectivity index (χ2n) is 4.92. The number of ketones is 1. The number of nitrogens with zero attached hydrogens (tertiary/aromatic N) is 2. The Kier molecular flexibility index (Phi) is 4.15. The van der Waals surface area contributed by atoms with Crippen LogP contribution in [-0.2, 0) is 4.79 Å². The summed E-state index contributed by atoms with van der Waals surface area (Å²) in [6.07, 6.45) is -0.0413. The molecule has 116 valence electrons. The first-order valence-corrected chi connectivity index (χ1v) is 6.58. The molecule has 9 nitrogen and oxygen atoms in total. The van der Waals surface area contributed by atoms with Gasteiger partial charge in [0.2, 0.25) is 0 Å². The molecule has 1 aliphatic rings. The molecule has 9 heteroatoms. The third kappa shape index (κ3) is 2.30. The van der Waals surface area contributed by atoms with Gasteiger partial charge in [0.15, 0.2) is 0 Å². The molecular weight excluding hydrogens is 294 g/mol. The number of carbonyl (C=O) groups excluding carboxylic acids is 2. The third-order valence-corrected chi connectivity index (χ3v) is 3.69. The van der Waals surface area contributed by atoms with Crippen molar-refractivity contribution in [3.63, 3.8) is 0 Å². The minimum Gasteiger partial charge on any atom is -0.349 e. The van der Waals surface area contributed by atoms with Gasteiger partial charge in [-0.1, -0.05) is 30.3 Å². The van der Waals surface area contributed by atoms with Crippen molar-refractivity contribution in [1.29, 1.82) is 0 Å². The first kappa shape index (κ1) is 15.5. The van der Waals surface area contributed by atoms with Crippen molar-refractivity contribution in [1.82, 2.24) is 5.32 Å². The van der Waals surface area contributed by atoms with Crippen molar-refractivity contribution < 1.29 is 19.4 Å². The number of nitro groups is 2. The number of amides is 1. The average Bonchev–Trinajstić information content (AvgIpc) is 2.67. The molecule has 2 rings (SSSR count). The van der Waals surface area contributed by atoms with Crippen molar-refractivity contribution in [2.45, 2.75) is 24.4 Å². The van der Waals surface area contributed by atoms with Crippen molar-refractivity contribution >= 4 is 11.7 Å². The minimum absolute atomic E-state index is 0.0564. The van der Waals surface area contributed by atoms with Crippen LogP contribution in [-0.4, -0.2) is 39.7 Å². The zero-order valence-electron chi connectivity index (χ0n) is 11.4. The molecule has 0 aliphatic carbocycles. The summed E-state index contributed by atoms with van der Waals surface area (Å²) in [5.41, 5.74) is -3.05. The molecule has 1 amide bonds. The maximum Gasteiger partial charge on any atom is 0.424 e. The lowest BCUT2D eigenvalue weighted by Gasteiger charge is -2.23. The van der Waals surface area contributed by atoms with Crippen LogP contribution in [0.3, 0.4) is 0 Å². The van der Waals surface area contributed by atoms with Crippen LogP contribution in [0.25, 0.3) is 0 Å². The number of hydrogen-bond acceptors (Lipinski definition) is 6. The highest BCUT2D eigenvalue weighted by atomic mass is 16.6. The Morgan fingerprint density at radius 3 is 2.41 bits per heavy atom. The Bertz CT molecular complexity index is 632. The molecule has 1 heterocycles. The molecule has 2 atom stereocenters. The van der Waals surface area contributed by atoms with Gasteiger partial charge in [0.05, 0.1) is 4.92 Å².